The summed E-state index contributed by atoms with van der Waals surface area (Å²) in [5.74, 6) is 0.227. The van der Waals surface area contributed by atoms with E-state index in [1.807, 2.05) is 22.2 Å². The number of carbonyl (C=O) groups is 1. The van der Waals surface area contributed by atoms with Crippen molar-refractivity contribution in [3.63, 3.8) is 0 Å². The molecule has 2 saturated heterocycles. The van der Waals surface area contributed by atoms with Gasteiger partial charge in [-0.3, -0.25) is 14.1 Å². The quantitative estimate of drug-likeness (QED) is 0.858. The van der Waals surface area contributed by atoms with Crippen LogP contribution in [0.4, 0.5) is 0 Å². The summed E-state index contributed by atoms with van der Waals surface area (Å²) in [6.45, 7) is 6.45. The highest BCUT2D eigenvalue weighted by molar-refractivity contribution is 7.15. The molecule has 2 aliphatic heterocycles. The molecule has 2 aromatic heterocycles. The summed E-state index contributed by atoms with van der Waals surface area (Å²) in [4.78, 5) is 23.0. The summed E-state index contributed by atoms with van der Waals surface area (Å²) in [6.07, 6.45) is 9.31. The van der Waals surface area contributed by atoms with Gasteiger partial charge >= 0.3 is 0 Å². The molecule has 3 unspecified atom stereocenters. The number of imidazole rings is 1. The summed E-state index contributed by atoms with van der Waals surface area (Å²) < 4.78 is 2.00. The van der Waals surface area contributed by atoms with Gasteiger partial charge in [0.15, 0.2) is 4.96 Å². The monoisotopic (exact) mass is 346 g/mol. The molecule has 0 aliphatic carbocycles. The largest absolute Gasteiger partial charge is 0.341 e. The molecule has 0 bridgehead atoms. The molecule has 2 aromatic rings. The lowest BCUT2D eigenvalue weighted by Gasteiger charge is -2.41. The topological polar surface area (TPSA) is 40.9 Å². The minimum Gasteiger partial charge on any atom is -0.341 e. The number of fused-ring (bicyclic) bond motifs is 1. The third-order valence-corrected chi connectivity index (χ3v) is 6.44. The second-order valence-corrected chi connectivity index (χ2v) is 8.23. The molecule has 0 radical (unpaired) electrons. The van der Waals surface area contributed by atoms with Crippen LogP contribution in [0.1, 0.15) is 45.2 Å². The van der Waals surface area contributed by atoms with Crippen molar-refractivity contribution in [2.75, 3.05) is 13.1 Å². The first-order chi connectivity index (χ1) is 11.6. The van der Waals surface area contributed by atoms with E-state index in [4.69, 9.17) is 0 Å². The Morgan fingerprint density at radius 2 is 2.08 bits per heavy atom. The van der Waals surface area contributed by atoms with Gasteiger partial charge in [0.1, 0.15) is 0 Å². The predicted molar refractivity (Wildman–Crippen MR) is 96.4 cm³/mol. The van der Waals surface area contributed by atoms with E-state index in [0.717, 1.165) is 30.2 Å². The number of aromatic nitrogens is 2. The van der Waals surface area contributed by atoms with Crippen molar-refractivity contribution in [1.82, 2.24) is 19.2 Å². The molecule has 130 valence electrons. The van der Waals surface area contributed by atoms with E-state index in [-0.39, 0.29) is 5.91 Å². The molecular formula is C18H26N4OS. The third kappa shape index (κ3) is 2.97. The smallest absolute Gasteiger partial charge is 0.228 e. The number of hydrogen-bond acceptors (Lipinski definition) is 4. The molecule has 4 rings (SSSR count). The van der Waals surface area contributed by atoms with Gasteiger partial charge in [-0.2, -0.15) is 0 Å². The zero-order chi connectivity index (χ0) is 16.7. The van der Waals surface area contributed by atoms with Gasteiger partial charge in [-0.05, 0) is 39.5 Å². The minimum atomic E-state index is 0.227. The molecule has 2 fully saturated rings. The lowest BCUT2D eigenvalue weighted by atomic mass is 10.0. The number of carbonyl (C=O) groups excluding carboxylic acids is 1. The fraction of sp³-hybridized carbons (Fsp3) is 0.667. The van der Waals surface area contributed by atoms with Gasteiger partial charge in [-0.15, -0.1) is 11.3 Å². The van der Waals surface area contributed by atoms with E-state index in [0.29, 0.717) is 24.5 Å². The van der Waals surface area contributed by atoms with Crippen LogP contribution in [-0.4, -0.2) is 56.3 Å². The van der Waals surface area contributed by atoms with E-state index >= 15 is 0 Å². The Labute approximate surface area is 147 Å². The van der Waals surface area contributed by atoms with Gasteiger partial charge < -0.3 is 4.90 Å². The van der Waals surface area contributed by atoms with Crippen LogP contribution in [-0.2, 0) is 11.2 Å². The van der Waals surface area contributed by atoms with Crippen LogP contribution in [0.3, 0.4) is 0 Å². The highest BCUT2D eigenvalue weighted by Crippen LogP contribution is 2.30. The number of hydrogen-bond donors (Lipinski definition) is 0. The Bertz CT molecular complexity index is 685. The van der Waals surface area contributed by atoms with Crippen molar-refractivity contribution in [2.24, 2.45) is 0 Å². The third-order valence-electron chi connectivity index (χ3n) is 5.67. The summed E-state index contributed by atoms with van der Waals surface area (Å²) >= 11 is 1.61. The highest BCUT2D eigenvalue weighted by Gasteiger charge is 2.36. The summed E-state index contributed by atoms with van der Waals surface area (Å²) in [5, 5.41) is 2.02. The second-order valence-electron chi connectivity index (χ2n) is 7.36. The number of piperidine rings is 1. The Kier molecular flexibility index (Phi) is 4.35. The first-order valence-electron chi connectivity index (χ1n) is 9.08. The summed E-state index contributed by atoms with van der Waals surface area (Å²) in [5.41, 5.74) is 0.886. The molecule has 6 heteroatoms. The summed E-state index contributed by atoms with van der Waals surface area (Å²) in [7, 11) is 0. The highest BCUT2D eigenvalue weighted by atomic mass is 32.1. The van der Waals surface area contributed by atoms with Crippen molar-refractivity contribution in [2.45, 2.75) is 64.1 Å². The molecule has 0 spiro atoms. The van der Waals surface area contributed by atoms with E-state index < -0.39 is 0 Å². The van der Waals surface area contributed by atoms with E-state index in [1.165, 1.54) is 19.3 Å². The molecule has 5 nitrogen and oxygen atoms in total. The maximum Gasteiger partial charge on any atom is 0.228 e. The van der Waals surface area contributed by atoms with Gasteiger partial charge in [0.2, 0.25) is 5.91 Å². The first-order valence-corrected chi connectivity index (χ1v) is 9.96. The molecule has 24 heavy (non-hydrogen) atoms. The molecule has 0 saturated carbocycles. The Morgan fingerprint density at radius 3 is 2.83 bits per heavy atom. The van der Waals surface area contributed by atoms with Crippen molar-refractivity contribution >= 4 is 22.2 Å². The van der Waals surface area contributed by atoms with E-state index in [2.05, 4.69) is 28.6 Å². The molecular weight excluding hydrogens is 320 g/mol. The van der Waals surface area contributed by atoms with Crippen molar-refractivity contribution < 1.29 is 4.79 Å². The Balaban J connectivity index is 1.41. The summed E-state index contributed by atoms with van der Waals surface area (Å²) in [6, 6.07) is 1.83. The number of nitrogens with zero attached hydrogens (tertiary/aromatic N) is 4. The number of likely N-dealkylation sites (tertiary alicyclic amines) is 2. The number of rotatable bonds is 3. The molecule has 3 atom stereocenters. The first kappa shape index (κ1) is 16.1. The van der Waals surface area contributed by atoms with Crippen LogP contribution in [0.5, 0.6) is 0 Å². The van der Waals surface area contributed by atoms with Gasteiger partial charge in [-0.1, -0.05) is 0 Å². The normalized spacial score (nSPS) is 28.8. The maximum absolute atomic E-state index is 12.8. The van der Waals surface area contributed by atoms with E-state index in [9.17, 15) is 4.79 Å². The Hall–Kier alpha value is -1.40. The fourth-order valence-electron chi connectivity index (χ4n) is 4.49. The van der Waals surface area contributed by atoms with Crippen LogP contribution in [0.25, 0.3) is 4.96 Å². The number of amides is 1. The van der Waals surface area contributed by atoms with Gasteiger partial charge in [-0.25, -0.2) is 4.98 Å². The second kappa shape index (κ2) is 6.48. The van der Waals surface area contributed by atoms with Gasteiger partial charge in [0.05, 0.1) is 12.1 Å². The maximum atomic E-state index is 12.8. The van der Waals surface area contributed by atoms with Crippen LogP contribution in [0.2, 0.25) is 0 Å². The molecule has 4 heterocycles. The Morgan fingerprint density at radius 1 is 1.29 bits per heavy atom. The van der Waals surface area contributed by atoms with Crippen molar-refractivity contribution in [1.29, 1.82) is 0 Å². The van der Waals surface area contributed by atoms with E-state index in [1.54, 1.807) is 11.3 Å². The zero-order valence-corrected chi connectivity index (χ0v) is 15.3. The van der Waals surface area contributed by atoms with Crippen LogP contribution in [0.15, 0.2) is 17.8 Å². The van der Waals surface area contributed by atoms with Crippen LogP contribution in [0, 0.1) is 0 Å². The number of thiazole rings is 1. The molecule has 1 amide bonds. The molecule has 0 aromatic carbocycles. The predicted octanol–water partition coefficient (Wildman–Crippen LogP) is 2.80. The van der Waals surface area contributed by atoms with Crippen LogP contribution >= 0.6 is 11.3 Å². The van der Waals surface area contributed by atoms with Crippen LogP contribution < -0.4 is 0 Å². The standard InChI is InChI=1S/C18H26N4OS/c1-13-5-6-14(2)22(13)16-4-3-7-20(12-16)17(23)10-15-11-21-8-9-24-18(21)19-15/h8-9,11,13-14,16H,3-7,10,12H2,1-2H3. The SMILES string of the molecule is CC1CCC(C)N1C1CCCN(C(=O)Cc2cn3ccsc3n2)C1. The lowest BCUT2D eigenvalue weighted by molar-refractivity contribution is -0.133. The lowest BCUT2D eigenvalue weighted by Crippen LogP contribution is -2.52. The van der Waals surface area contributed by atoms with Gasteiger partial charge in [0, 0.05) is 49.0 Å². The van der Waals surface area contributed by atoms with Gasteiger partial charge in [0.25, 0.3) is 0 Å². The average molecular weight is 347 g/mol. The fourth-order valence-corrected chi connectivity index (χ4v) is 5.21. The average Bonchev–Trinajstić information content (AvgIpc) is 3.23. The van der Waals surface area contributed by atoms with Crippen molar-refractivity contribution in [3.05, 3.63) is 23.5 Å². The molecule has 0 N–H and O–H groups in total. The zero-order valence-electron chi connectivity index (χ0n) is 14.5. The molecule has 2 aliphatic rings. The minimum absolute atomic E-state index is 0.227. The van der Waals surface area contributed by atoms with Crippen molar-refractivity contribution in [3.8, 4) is 0 Å².